The number of aliphatic imine (C=N–C) groups is 1. The van der Waals surface area contributed by atoms with Crippen molar-refractivity contribution in [3.8, 4) is 0 Å². The minimum absolute atomic E-state index is 0. The number of hydrogen-bond acceptors (Lipinski definition) is 3. The minimum Gasteiger partial charge on any atom is -0.383 e. The Morgan fingerprint density at radius 3 is 2.89 bits per heavy atom. The summed E-state index contributed by atoms with van der Waals surface area (Å²) in [5.41, 5.74) is 0.335. The van der Waals surface area contributed by atoms with E-state index in [0.717, 1.165) is 6.54 Å². The summed E-state index contributed by atoms with van der Waals surface area (Å²) in [7, 11) is 1.63. The number of ether oxygens (including phenoxy) is 1. The van der Waals surface area contributed by atoms with E-state index in [2.05, 4.69) is 20.6 Å². The Hall–Kier alpha value is -0.960. The maximum atomic E-state index is 13.3. The first kappa shape index (κ1) is 18.0. The predicted molar refractivity (Wildman–Crippen MR) is 84.3 cm³/mol. The van der Waals surface area contributed by atoms with E-state index in [1.54, 1.807) is 19.4 Å². The van der Waals surface area contributed by atoms with Crippen LogP contribution in [0.15, 0.2) is 23.3 Å². The molecule has 0 saturated heterocycles. The molecule has 0 saturated carbocycles. The molecular weight excluding hydrogens is 362 g/mol. The highest BCUT2D eigenvalue weighted by Gasteiger charge is 2.02. The minimum atomic E-state index is -0.339. The van der Waals surface area contributed by atoms with E-state index in [9.17, 15) is 4.39 Å². The Morgan fingerprint density at radius 2 is 2.26 bits per heavy atom. The van der Waals surface area contributed by atoms with E-state index in [1.165, 1.54) is 6.07 Å². The SMILES string of the molecule is CCNC(=NCc1ncccc1F)NCCOC.I. The van der Waals surface area contributed by atoms with Crippen LogP contribution < -0.4 is 10.6 Å². The summed E-state index contributed by atoms with van der Waals surface area (Å²) in [6, 6.07) is 2.94. The molecule has 1 rings (SSSR count). The second kappa shape index (κ2) is 10.9. The zero-order valence-electron chi connectivity index (χ0n) is 11.1. The molecule has 7 heteroatoms. The highest BCUT2D eigenvalue weighted by molar-refractivity contribution is 14.0. The fourth-order valence-electron chi connectivity index (χ4n) is 1.30. The van der Waals surface area contributed by atoms with Crippen molar-refractivity contribution in [2.24, 2.45) is 4.99 Å². The quantitative estimate of drug-likeness (QED) is 0.339. The van der Waals surface area contributed by atoms with Crippen molar-refractivity contribution in [2.45, 2.75) is 13.5 Å². The summed E-state index contributed by atoms with van der Waals surface area (Å²) in [6.45, 7) is 4.14. The van der Waals surface area contributed by atoms with Crippen LogP contribution >= 0.6 is 24.0 Å². The van der Waals surface area contributed by atoms with E-state index in [1.807, 2.05) is 6.92 Å². The van der Waals surface area contributed by atoms with Crippen LogP contribution in [0, 0.1) is 5.82 Å². The first-order valence-electron chi connectivity index (χ1n) is 5.88. The van der Waals surface area contributed by atoms with Gasteiger partial charge in [0.1, 0.15) is 5.82 Å². The van der Waals surface area contributed by atoms with Gasteiger partial charge in [-0.25, -0.2) is 9.38 Å². The average molecular weight is 382 g/mol. The van der Waals surface area contributed by atoms with Gasteiger partial charge in [0.2, 0.25) is 0 Å². The number of nitrogens with zero attached hydrogens (tertiary/aromatic N) is 2. The average Bonchev–Trinajstić information content (AvgIpc) is 2.38. The lowest BCUT2D eigenvalue weighted by atomic mass is 10.3. The molecule has 0 aliphatic heterocycles. The normalized spacial score (nSPS) is 10.8. The lowest BCUT2D eigenvalue weighted by Gasteiger charge is -2.10. The van der Waals surface area contributed by atoms with E-state index < -0.39 is 0 Å². The molecule has 0 aromatic carbocycles. The van der Waals surface area contributed by atoms with Crippen molar-refractivity contribution in [1.82, 2.24) is 15.6 Å². The van der Waals surface area contributed by atoms with E-state index in [0.29, 0.717) is 24.8 Å². The lowest BCUT2D eigenvalue weighted by molar-refractivity contribution is 0.203. The van der Waals surface area contributed by atoms with Gasteiger partial charge in [0, 0.05) is 26.4 Å². The summed E-state index contributed by atoms with van der Waals surface area (Å²) in [5.74, 6) is 0.286. The topological polar surface area (TPSA) is 58.5 Å². The zero-order chi connectivity index (χ0) is 13.2. The Morgan fingerprint density at radius 1 is 1.47 bits per heavy atom. The van der Waals surface area contributed by atoms with Crippen LogP contribution in [0.25, 0.3) is 0 Å². The number of hydrogen-bond donors (Lipinski definition) is 2. The molecule has 0 atom stereocenters. The number of halogens is 2. The smallest absolute Gasteiger partial charge is 0.191 e. The maximum Gasteiger partial charge on any atom is 0.191 e. The molecular formula is C12H20FIN4O. The molecule has 1 aromatic rings. The van der Waals surface area contributed by atoms with Crippen LogP contribution in [0.5, 0.6) is 0 Å². The second-order valence-corrected chi connectivity index (χ2v) is 3.55. The molecule has 0 radical (unpaired) electrons. The number of rotatable bonds is 6. The monoisotopic (exact) mass is 382 g/mol. The van der Waals surface area contributed by atoms with Gasteiger partial charge in [-0.15, -0.1) is 24.0 Å². The molecule has 5 nitrogen and oxygen atoms in total. The van der Waals surface area contributed by atoms with Gasteiger partial charge in [-0.05, 0) is 19.1 Å². The molecule has 0 bridgehead atoms. The standard InChI is InChI=1S/C12H19FN4O.HI/c1-3-14-12(16-7-8-18-2)17-9-11-10(13)5-4-6-15-11;/h4-6H,3,7-9H2,1-2H3,(H2,14,16,17);1H. The van der Waals surface area contributed by atoms with Crippen molar-refractivity contribution in [1.29, 1.82) is 0 Å². The zero-order valence-corrected chi connectivity index (χ0v) is 13.5. The molecule has 1 heterocycles. The highest BCUT2D eigenvalue weighted by Crippen LogP contribution is 2.03. The van der Waals surface area contributed by atoms with E-state index in [-0.39, 0.29) is 36.3 Å². The molecule has 19 heavy (non-hydrogen) atoms. The summed E-state index contributed by atoms with van der Waals surface area (Å²) >= 11 is 0. The van der Waals surface area contributed by atoms with Crippen LogP contribution in [0.1, 0.15) is 12.6 Å². The molecule has 0 spiro atoms. The van der Waals surface area contributed by atoms with Crippen molar-refractivity contribution in [2.75, 3.05) is 26.8 Å². The summed E-state index contributed by atoms with van der Waals surface area (Å²) in [6.07, 6.45) is 1.55. The molecule has 0 amide bonds. The third-order valence-corrected chi connectivity index (χ3v) is 2.16. The van der Waals surface area contributed by atoms with Gasteiger partial charge in [-0.2, -0.15) is 0 Å². The Kier molecular flexibility index (Phi) is 10.4. The summed E-state index contributed by atoms with van der Waals surface area (Å²) < 4.78 is 18.3. The number of nitrogens with one attached hydrogen (secondary N) is 2. The lowest BCUT2D eigenvalue weighted by Crippen LogP contribution is -2.38. The third-order valence-electron chi connectivity index (χ3n) is 2.16. The van der Waals surface area contributed by atoms with Gasteiger partial charge in [-0.3, -0.25) is 4.98 Å². The van der Waals surface area contributed by atoms with Gasteiger partial charge in [0.25, 0.3) is 0 Å². The fraction of sp³-hybridized carbons (Fsp3) is 0.500. The van der Waals surface area contributed by atoms with Crippen molar-refractivity contribution in [3.05, 3.63) is 29.8 Å². The van der Waals surface area contributed by atoms with Crippen LogP contribution in [0.4, 0.5) is 4.39 Å². The first-order chi connectivity index (χ1) is 8.77. The Labute approximate surface area is 130 Å². The van der Waals surface area contributed by atoms with E-state index >= 15 is 0 Å². The highest BCUT2D eigenvalue weighted by atomic mass is 127. The van der Waals surface area contributed by atoms with Crippen molar-refractivity contribution < 1.29 is 9.13 Å². The molecule has 0 aliphatic rings. The van der Waals surface area contributed by atoms with Gasteiger partial charge >= 0.3 is 0 Å². The Balaban J connectivity index is 0.00000324. The van der Waals surface area contributed by atoms with Gasteiger partial charge < -0.3 is 15.4 Å². The molecule has 108 valence electrons. The third kappa shape index (κ3) is 7.26. The molecule has 0 aliphatic carbocycles. The molecule has 0 fully saturated rings. The number of pyridine rings is 1. The summed E-state index contributed by atoms with van der Waals surface area (Å²) in [4.78, 5) is 8.20. The molecule has 0 unspecified atom stereocenters. The Bertz CT molecular complexity index is 390. The number of methoxy groups -OCH3 is 1. The van der Waals surface area contributed by atoms with Crippen LogP contribution in [-0.2, 0) is 11.3 Å². The van der Waals surface area contributed by atoms with Gasteiger partial charge in [0.05, 0.1) is 18.8 Å². The largest absolute Gasteiger partial charge is 0.383 e. The van der Waals surface area contributed by atoms with E-state index in [4.69, 9.17) is 4.74 Å². The van der Waals surface area contributed by atoms with Crippen LogP contribution in [0.3, 0.4) is 0 Å². The van der Waals surface area contributed by atoms with Crippen LogP contribution in [0.2, 0.25) is 0 Å². The molecule has 1 aromatic heterocycles. The molecule has 2 N–H and O–H groups in total. The fourth-order valence-corrected chi connectivity index (χ4v) is 1.30. The second-order valence-electron chi connectivity index (χ2n) is 3.55. The number of aromatic nitrogens is 1. The maximum absolute atomic E-state index is 13.3. The van der Waals surface area contributed by atoms with Gasteiger partial charge in [-0.1, -0.05) is 0 Å². The first-order valence-corrected chi connectivity index (χ1v) is 5.88. The van der Waals surface area contributed by atoms with Gasteiger partial charge in [0.15, 0.2) is 5.96 Å². The summed E-state index contributed by atoms with van der Waals surface area (Å²) in [5, 5.41) is 6.14. The predicted octanol–water partition coefficient (Wildman–Crippen LogP) is 1.54. The van der Waals surface area contributed by atoms with Crippen molar-refractivity contribution in [3.63, 3.8) is 0 Å². The number of guanidine groups is 1. The van der Waals surface area contributed by atoms with Crippen LogP contribution in [-0.4, -0.2) is 37.7 Å². The van der Waals surface area contributed by atoms with Crippen molar-refractivity contribution >= 4 is 29.9 Å².